The molecule has 6 nitrogen and oxygen atoms in total. The van der Waals surface area contributed by atoms with Gasteiger partial charge in [0, 0.05) is 12.1 Å². The minimum atomic E-state index is -1.84. The number of nitrogens with zero attached hydrogens (tertiary/aromatic N) is 1. The molecule has 1 aromatic carbocycles. The van der Waals surface area contributed by atoms with Crippen molar-refractivity contribution in [2.75, 3.05) is 6.54 Å². The summed E-state index contributed by atoms with van der Waals surface area (Å²) in [5.74, 6) is -1.68. The molecular weight excluding hydrogens is 296 g/mol. The number of hydrogen-bond donors (Lipinski definition) is 2. The second-order valence-electron chi connectivity index (χ2n) is 6.82. The maximum absolute atomic E-state index is 12.7. The number of nitrogens with two attached hydrogens (primary N) is 1. The lowest BCUT2D eigenvalue weighted by Gasteiger charge is -2.43. The highest BCUT2D eigenvalue weighted by atomic mass is 16.5. The van der Waals surface area contributed by atoms with Gasteiger partial charge in [-0.3, -0.25) is 9.69 Å². The first-order valence-corrected chi connectivity index (χ1v) is 7.67. The predicted octanol–water partition coefficient (Wildman–Crippen LogP) is 0.819. The molecule has 1 amide bonds. The zero-order valence-corrected chi connectivity index (χ0v) is 13.8. The van der Waals surface area contributed by atoms with Crippen molar-refractivity contribution < 1.29 is 19.4 Å². The van der Waals surface area contributed by atoms with Gasteiger partial charge in [0.25, 0.3) is 5.91 Å². The topological polar surface area (TPSA) is 92.9 Å². The fraction of sp³-hybridized carbons (Fsp3) is 0.529. The van der Waals surface area contributed by atoms with Gasteiger partial charge in [-0.05, 0) is 32.8 Å². The van der Waals surface area contributed by atoms with E-state index < -0.39 is 29.1 Å². The Morgan fingerprint density at radius 1 is 1.35 bits per heavy atom. The number of aliphatic hydroxyl groups is 1. The Bertz CT molecular complexity index is 582. The Kier molecular flexibility index (Phi) is 4.77. The summed E-state index contributed by atoms with van der Waals surface area (Å²) in [6.07, 6.45) is -0.886. The molecule has 1 heterocycles. The van der Waals surface area contributed by atoms with Crippen LogP contribution in [-0.4, -0.2) is 45.6 Å². The molecule has 0 spiro atoms. The van der Waals surface area contributed by atoms with Gasteiger partial charge in [0.2, 0.25) is 5.54 Å². The standard InChI is InChI=1S/C17H24N2O4/c1-16(2,3)19-10-9-13(20)17(19,14(18)21)15(22)23-11-12-7-5-4-6-8-12/h4-8,13,20H,9-11H2,1-3H3,(H2,18,21)/t13?,17-/m0/s1. The Morgan fingerprint density at radius 3 is 2.48 bits per heavy atom. The van der Waals surface area contributed by atoms with Gasteiger partial charge < -0.3 is 15.6 Å². The molecule has 6 heteroatoms. The van der Waals surface area contributed by atoms with E-state index in [1.165, 1.54) is 0 Å². The van der Waals surface area contributed by atoms with Crippen LogP contribution in [0.3, 0.4) is 0 Å². The van der Waals surface area contributed by atoms with E-state index in [0.29, 0.717) is 13.0 Å². The molecule has 126 valence electrons. The van der Waals surface area contributed by atoms with Crippen molar-refractivity contribution in [2.24, 2.45) is 5.73 Å². The molecule has 0 bridgehead atoms. The number of ether oxygens (including phenoxy) is 1. The molecule has 0 aromatic heterocycles. The van der Waals surface area contributed by atoms with Crippen LogP contribution in [0.1, 0.15) is 32.8 Å². The monoisotopic (exact) mass is 320 g/mol. The fourth-order valence-electron chi connectivity index (χ4n) is 3.16. The summed E-state index contributed by atoms with van der Waals surface area (Å²) in [7, 11) is 0. The van der Waals surface area contributed by atoms with Crippen molar-refractivity contribution in [1.82, 2.24) is 4.90 Å². The zero-order chi connectivity index (χ0) is 17.3. The number of amides is 1. The summed E-state index contributed by atoms with van der Waals surface area (Å²) < 4.78 is 5.33. The normalized spacial score (nSPS) is 25.3. The number of carbonyl (C=O) groups is 2. The Morgan fingerprint density at radius 2 is 1.96 bits per heavy atom. The van der Waals surface area contributed by atoms with Gasteiger partial charge in [-0.15, -0.1) is 0 Å². The molecule has 3 N–H and O–H groups in total. The lowest BCUT2D eigenvalue weighted by atomic mass is 9.88. The number of carbonyl (C=O) groups excluding carboxylic acids is 2. The minimum absolute atomic E-state index is 0.0272. The molecule has 1 aromatic rings. The van der Waals surface area contributed by atoms with Crippen molar-refractivity contribution in [3.63, 3.8) is 0 Å². The first kappa shape index (κ1) is 17.4. The van der Waals surface area contributed by atoms with Crippen LogP contribution in [-0.2, 0) is 20.9 Å². The molecule has 1 saturated heterocycles. The van der Waals surface area contributed by atoms with Crippen molar-refractivity contribution in [3.8, 4) is 0 Å². The first-order valence-electron chi connectivity index (χ1n) is 7.67. The zero-order valence-electron chi connectivity index (χ0n) is 13.8. The van der Waals surface area contributed by atoms with Gasteiger partial charge in [-0.25, -0.2) is 4.79 Å². The van der Waals surface area contributed by atoms with Crippen molar-refractivity contribution in [1.29, 1.82) is 0 Å². The van der Waals surface area contributed by atoms with Crippen LogP contribution in [0.15, 0.2) is 30.3 Å². The number of benzene rings is 1. The predicted molar refractivity (Wildman–Crippen MR) is 85.2 cm³/mol. The summed E-state index contributed by atoms with van der Waals surface area (Å²) in [6.45, 7) is 6.03. The van der Waals surface area contributed by atoms with E-state index in [1.807, 2.05) is 51.1 Å². The van der Waals surface area contributed by atoms with E-state index >= 15 is 0 Å². The Labute approximate surface area is 136 Å². The van der Waals surface area contributed by atoms with E-state index in [2.05, 4.69) is 0 Å². The van der Waals surface area contributed by atoms with E-state index in [9.17, 15) is 14.7 Å². The molecular formula is C17H24N2O4. The molecule has 1 aliphatic rings. The van der Waals surface area contributed by atoms with Crippen LogP contribution in [0.5, 0.6) is 0 Å². The fourth-order valence-corrected chi connectivity index (χ4v) is 3.16. The molecule has 1 unspecified atom stereocenters. The average molecular weight is 320 g/mol. The number of esters is 1. The summed E-state index contributed by atoms with van der Waals surface area (Å²) in [5.41, 5.74) is 3.98. The summed E-state index contributed by atoms with van der Waals surface area (Å²) >= 11 is 0. The highest BCUT2D eigenvalue weighted by Gasteiger charge is 2.62. The molecule has 1 aliphatic heterocycles. The number of likely N-dealkylation sites (tertiary alicyclic amines) is 1. The van der Waals surface area contributed by atoms with Gasteiger partial charge in [0.1, 0.15) is 6.61 Å². The average Bonchev–Trinajstić information content (AvgIpc) is 2.84. The quantitative estimate of drug-likeness (QED) is 0.633. The van der Waals surface area contributed by atoms with Gasteiger partial charge in [0.05, 0.1) is 6.10 Å². The number of rotatable bonds is 4. The van der Waals surface area contributed by atoms with Crippen LogP contribution in [0, 0.1) is 0 Å². The molecule has 2 atom stereocenters. The number of primary amides is 1. The van der Waals surface area contributed by atoms with Crippen molar-refractivity contribution in [3.05, 3.63) is 35.9 Å². The minimum Gasteiger partial charge on any atom is -0.459 e. The van der Waals surface area contributed by atoms with Crippen LogP contribution >= 0.6 is 0 Å². The summed E-state index contributed by atoms with van der Waals surface area (Å²) in [5, 5.41) is 10.4. The van der Waals surface area contributed by atoms with Crippen LogP contribution in [0.25, 0.3) is 0 Å². The first-order chi connectivity index (χ1) is 10.7. The van der Waals surface area contributed by atoms with Crippen LogP contribution in [0.2, 0.25) is 0 Å². The summed E-state index contributed by atoms with van der Waals surface area (Å²) in [4.78, 5) is 26.5. The van der Waals surface area contributed by atoms with Crippen LogP contribution in [0.4, 0.5) is 0 Å². The van der Waals surface area contributed by atoms with E-state index in [0.717, 1.165) is 5.56 Å². The number of hydrogen-bond acceptors (Lipinski definition) is 5. The van der Waals surface area contributed by atoms with Gasteiger partial charge in [0.15, 0.2) is 0 Å². The summed E-state index contributed by atoms with van der Waals surface area (Å²) in [6, 6.07) is 9.16. The van der Waals surface area contributed by atoms with E-state index in [1.54, 1.807) is 4.90 Å². The molecule has 0 radical (unpaired) electrons. The number of aliphatic hydroxyl groups excluding tert-OH is 1. The second kappa shape index (κ2) is 6.29. The highest BCUT2D eigenvalue weighted by Crippen LogP contribution is 2.37. The second-order valence-corrected chi connectivity index (χ2v) is 6.82. The Balaban J connectivity index is 2.28. The third-order valence-electron chi connectivity index (χ3n) is 4.24. The van der Waals surface area contributed by atoms with Gasteiger partial charge in [-0.1, -0.05) is 30.3 Å². The Hall–Kier alpha value is -1.92. The van der Waals surface area contributed by atoms with Crippen molar-refractivity contribution >= 4 is 11.9 Å². The molecule has 2 rings (SSSR count). The molecule has 1 fully saturated rings. The third-order valence-corrected chi connectivity index (χ3v) is 4.24. The highest BCUT2D eigenvalue weighted by molar-refractivity contribution is 6.08. The van der Waals surface area contributed by atoms with Gasteiger partial charge in [-0.2, -0.15) is 0 Å². The third kappa shape index (κ3) is 3.09. The van der Waals surface area contributed by atoms with E-state index in [-0.39, 0.29) is 6.61 Å². The lowest BCUT2D eigenvalue weighted by Crippen LogP contribution is -2.69. The van der Waals surface area contributed by atoms with Crippen molar-refractivity contribution in [2.45, 2.75) is 51.0 Å². The van der Waals surface area contributed by atoms with Crippen LogP contribution < -0.4 is 5.73 Å². The lowest BCUT2D eigenvalue weighted by molar-refractivity contribution is -0.172. The maximum atomic E-state index is 12.7. The molecule has 0 aliphatic carbocycles. The SMILES string of the molecule is CC(C)(C)N1CCC(O)[C@]1(C(N)=O)C(=O)OCc1ccccc1. The molecule has 23 heavy (non-hydrogen) atoms. The molecule has 0 saturated carbocycles. The van der Waals surface area contributed by atoms with Gasteiger partial charge >= 0.3 is 5.97 Å². The van der Waals surface area contributed by atoms with E-state index in [4.69, 9.17) is 10.5 Å². The largest absolute Gasteiger partial charge is 0.459 e. The smallest absolute Gasteiger partial charge is 0.339 e. The maximum Gasteiger partial charge on any atom is 0.339 e.